The van der Waals surface area contributed by atoms with E-state index in [2.05, 4.69) is 31.9 Å². The van der Waals surface area contributed by atoms with Gasteiger partial charge in [-0.1, -0.05) is 0 Å². The number of fused-ring (bicyclic) bond motifs is 1. The Hall–Kier alpha value is -1.95. The molecule has 0 bridgehead atoms. The number of ether oxygens (including phenoxy) is 1. The summed E-state index contributed by atoms with van der Waals surface area (Å²) in [6.45, 7) is 5.95. The molecule has 8 heteroatoms. The monoisotopic (exact) mass is 357 g/mol. The van der Waals surface area contributed by atoms with Crippen molar-refractivity contribution in [3.63, 3.8) is 0 Å². The van der Waals surface area contributed by atoms with Crippen molar-refractivity contribution in [2.75, 3.05) is 44.2 Å². The van der Waals surface area contributed by atoms with Gasteiger partial charge in [0.1, 0.15) is 12.4 Å². The molecule has 3 N–H and O–H groups in total. The summed E-state index contributed by atoms with van der Waals surface area (Å²) < 4.78 is 5.95. The van der Waals surface area contributed by atoms with Crippen LogP contribution in [-0.4, -0.2) is 61.4 Å². The molecular weight excluding hydrogens is 330 g/mol. The number of hydrogen-bond donors (Lipinski definition) is 3. The van der Waals surface area contributed by atoms with Crippen LogP contribution in [0.1, 0.15) is 30.5 Å². The largest absolute Gasteiger partial charge is 0.462 e. The van der Waals surface area contributed by atoms with Gasteiger partial charge in [0.15, 0.2) is 0 Å². The third kappa shape index (κ3) is 3.90. The first-order valence-electron chi connectivity index (χ1n) is 9.65. The minimum atomic E-state index is 0.188. The number of rotatable bonds is 5. The van der Waals surface area contributed by atoms with Gasteiger partial charge in [0.05, 0.1) is 18.2 Å². The highest BCUT2D eigenvalue weighted by atomic mass is 16.5. The Morgan fingerprint density at radius 3 is 2.96 bits per heavy atom. The Morgan fingerprint density at radius 2 is 2.12 bits per heavy atom. The molecule has 0 radical (unpaired) electrons. The molecule has 4 rings (SSSR count). The predicted molar refractivity (Wildman–Crippen MR) is 98.2 cm³/mol. The topological polar surface area (TPSA) is 98.1 Å². The number of piperazine rings is 1. The summed E-state index contributed by atoms with van der Waals surface area (Å²) >= 11 is 0. The number of nitrogens with one attached hydrogen (secondary N) is 3. The van der Waals surface area contributed by atoms with Gasteiger partial charge in [-0.15, -0.1) is 0 Å². The first kappa shape index (κ1) is 17.5. The lowest BCUT2D eigenvalue weighted by Gasteiger charge is -2.35. The summed E-state index contributed by atoms with van der Waals surface area (Å²) in [5.74, 6) is 0.996. The molecule has 3 aliphatic heterocycles. The minimum Gasteiger partial charge on any atom is -0.462 e. The summed E-state index contributed by atoms with van der Waals surface area (Å²) in [7, 11) is 0. The summed E-state index contributed by atoms with van der Waals surface area (Å²) in [5, 5.41) is 19.3. The van der Waals surface area contributed by atoms with Gasteiger partial charge in [-0.05, 0) is 32.4 Å². The van der Waals surface area contributed by atoms with Gasteiger partial charge in [0.25, 0.3) is 0 Å². The maximum Gasteiger partial charge on any atom is 0.318 e. The van der Waals surface area contributed by atoms with Gasteiger partial charge in [0.2, 0.25) is 0 Å². The number of nitrogens with zero attached hydrogens (tertiary/aromatic N) is 4. The second-order valence-corrected chi connectivity index (χ2v) is 7.25. The Labute approximate surface area is 154 Å². The maximum atomic E-state index is 9.02. The van der Waals surface area contributed by atoms with E-state index in [4.69, 9.17) is 15.0 Å². The van der Waals surface area contributed by atoms with Gasteiger partial charge < -0.3 is 25.6 Å². The quantitative estimate of drug-likeness (QED) is 0.675. The van der Waals surface area contributed by atoms with Crippen molar-refractivity contribution in [2.24, 2.45) is 0 Å². The van der Waals surface area contributed by atoms with Crippen LogP contribution in [0, 0.1) is 11.3 Å². The molecule has 3 aliphatic rings. The second-order valence-electron chi connectivity index (χ2n) is 7.25. The molecule has 0 spiro atoms. The molecule has 0 unspecified atom stereocenters. The van der Waals surface area contributed by atoms with Gasteiger partial charge in [-0.25, -0.2) is 0 Å². The average molecular weight is 357 g/mol. The Bertz CT molecular complexity index is 668. The Balaban J connectivity index is 1.55. The standard InChI is InChI=1S/C18H27N7O/c19-5-3-13-11-25(9-8-22-13)17-15-4-7-20-10-16(15)23-18(24-17)26-12-14-2-1-6-21-14/h13-14,20-22H,1-4,6-12H2/t13-,14-/m0/s1. The highest BCUT2D eigenvalue weighted by molar-refractivity contribution is 5.51. The van der Waals surface area contributed by atoms with Crippen molar-refractivity contribution in [3.8, 4) is 12.1 Å². The SMILES string of the molecule is N#CC[C@H]1CN(c2nc(OC[C@@H]3CCCN3)nc3c2CCNC3)CCN1. The van der Waals surface area contributed by atoms with Crippen LogP contribution in [0.3, 0.4) is 0 Å². The van der Waals surface area contributed by atoms with Crippen LogP contribution >= 0.6 is 0 Å². The van der Waals surface area contributed by atoms with E-state index in [-0.39, 0.29) is 6.04 Å². The number of nitriles is 1. The number of anilines is 1. The molecule has 0 aliphatic carbocycles. The lowest BCUT2D eigenvalue weighted by molar-refractivity contribution is 0.255. The van der Waals surface area contributed by atoms with Crippen molar-refractivity contribution < 1.29 is 4.74 Å². The summed E-state index contributed by atoms with van der Waals surface area (Å²) in [6, 6.07) is 3.34. The zero-order valence-corrected chi connectivity index (χ0v) is 15.1. The third-order valence-corrected chi connectivity index (χ3v) is 5.36. The van der Waals surface area contributed by atoms with Crippen LogP contribution in [0.15, 0.2) is 0 Å². The van der Waals surface area contributed by atoms with Crippen LogP contribution in [0.5, 0.6) is 6.01 Å². The summed E-state index contributed by atoms with van der Waals surface area (Å²) in [4.78, 5) is 11.8. The molecule has 0 aromatic carbocycles. The van der Waals surface area contributed by atoms with Crippen molar-refractivity contribution in [2.45, 2.75) is 44.3 Å². The zero-order chi connectivity index (χ0) is 17.8. The molecule has 0 saturated carbocycles. The molecule has 26 heavy (non-hydrogen) atoms. The minimum absolute atomic E-state index is 0.188. The highest BCUT2D eigenvalue weighted by Gasteiger charge is 2.26. The summed E-state index contributed by atoms with van der Waals surface area (Å²) in [5.41, 5.74) is 2.28. The fraction of sp³-hybridized carbons (Fsp3) is 0.722. The van der Waals surface area contributed by atoms with Crippen molar-refractivity contribution in [1.82, 2.24) is 25.9 Å². The van der Waals surface area contributed by atoms with Crippen molar-refractivity contribution in [3.05, 3.63) is 11.3 Å². The molecular formula is C18H27N7O. The highest BCUT2D eigenvalue weighted by Crippen LogP contribution is 2.27. The molecule has 140 valence electrons. The number of aromatic nitrogens is 2. The van der Waals surface area contributed by atoms with E-state index in [0.29, 0.717) is 25.1 Å². The molecule has 0 amide bonds. The van der Waals surface area contributed by atoms with E-state index in [1.54, 1.807) is 0 Å². The molecule has 2 saturated heterocycles. The number of hydrogen-bond acceptors (Lipinski definition) is 8. The van der Waals surface area contributed by atoms with E-state index >= 15 is 0 Å². The van der Waals surface area contributed by atoms with Crippen molar-refractivity contribution in [1.29, 1.82) is 5.26 Å². The molecule has 2 atom stereocenters. The van der Waals surface area contributed by atoms with Gasteiger partial charge >= 0.3 is 6.01 Å². The molecule has 1 aromatic heterocycles. The predicted octanol–water partition coefficient (Wildman–Crippen LogP) is -0.0550. The van der Waals surface area contributed by atoms with E-state index in [9.17, 15) is 0 Å². The second kappa shape index (κ2) is 8.16. The Kier molecular flexibility index (Phi) is 5.48. The van der Waals surface area contributed by atoms with Gasteiger partial charge in [0, 0.05) is 43.8 Å². The van der Waals surface area contributed by atoms with Gasteiger partial charge in [-0.2, -0.15) is 15.2 Å². The summed E-state index contributed by atoms with van der Waals surface area (Å²) in [6.07, 6.45) is 3.80. The molecule has 4 heterocycles. The average Bonchev–Trinajstić information content (AvgIpc) is 3.20. The molecule has 1 aromatic rings. The third-order valence-electron chi connectivity index (χ3n) is 5.36. The van der Waals surface area contributed by atoms with Crippen LogP contribution in [0.25, 0.3) is 0 Å². The Morgan fingerprint density at radius 1 is 1.19 bits per heavy atom. The van der Waals surface area contributed by atoms with Crippen LogP contribution in [0.2, 0.25) is 0 Å². The molecule has 2 fully saturated rings. The zero-order valence-electron chi connectivity index (χ0n) is 15.1. The normalized spacial score (nSPS) is 25.6. The van der Waals surface area contributed by atoms with Gasteiger partial charge in [-0.3, -0.25) is 0 Å². The fourth-order valence-electron chi connectivity index (χ4n) is 3.98. The first-order chi connectivity index (χ1) is 12.8. The maximum absolute atomic E-state index is 9.02. The van der Waals surface area contributed by atoms with E-state index in [1.807, 2.05) is 0 Å². The van der Waals surface area contributed by atoms with Crippen LogP contribution in [0.4, 0.5) is 5.82 Å². The van der Waals surface area contributed by atoms with E-state index in [1.165, 1.54) is 12.0 Å². The van der Waals surface area contributed by atoms with Crippen LogP contribution in [-0.2, 0) is 13.0 Å². The van der Waals surface area contributed by atoms with Crippen molar-refractivity contribution >= 4 is 5.82 Å². The lowest BCUT2D eigenvalue weighted by atomic mass is 10.1. The van der Waals surface area contributed by atoms with E-state index in [0.717, 1.165) is 63.6 Å². The fourth-order valence-corrected chi connectivity index (χ4v) is 3.98. The van der Waals surface area contributed by atoms with Crippen LogP contribution < -0.4 is 25.6 Å². The first-order valence-corrected chi connectivity index (χ1v) is 9.65. The molecule has 8 nitrogen and oxygen atoms in total. The van der Waals surface area contributed by atoms with E-state index < -0.39 is 0 Å². The lowest BCUT2D eigenvalue weighted by Crippen LogP contribution is -2.51. The smallest absolute Gasteiger partial charge is 0.318 e.